The number of hydrogen-bond acceptors (Lipinski definition) is 2. The van der Waals surface area contributed by atoms with E-state index in [9.17, 15) is 4.79 Å². The van der Waals surface area contributed by atoms with Crippen LogP contribution in [0.25, 0.3) is 0 Å². The van der Waals surface area contributed by atoms with Gasteiger partial charge >= 0.3 is 0 Å². The van der Waals surface area contributed by atoms with Crippen LogP contribution in [0.1, 0.15) is 6.92 Å². The second-order valence-electron chi connectivity index (χ2n) is 3.22. The monoisotopic (exact) mass is 271 g/mol. The van der Waals surface area contributed by atoms with Gasteiger partial charge in [0, 0.05) is 11.4 Å². The van der Waals surface area contributed by atoms with Crippen molar-refractivity contribution >= 4 is 21.8 Å². The third-order valence-electron chi connectivity index (χ3n) is 1.75. The van der Waals surface area contributed by atoms with Crippen molar-refractivity contribution in [2.45, 2.75) is 13.0 Å². The quantitative estimate of drug-likeness (QED) is 0.832. The molecule has 15 heavy (non-hydrogen) atoms. The number of carbonyl (C=O) groups is 1. The summed E-state index contributed by atoms with van der Waals surface area (Å²) in [6.07, 6.45) is 0. The fraction of sp³-hybridized carbons (Fsp3) is 0.364. The highest BCUT2D eigenvalue weighted by Crippen LogP contribution is 2.07. The van der Waals surface area contributed by atoms with E-state index in [4.69, 9.17) is 4.74 Å². The molecule has 3 nitrogen and oxygen atoms in total. The van der Waals surface area contributed by atoms with E-state index < -0.39 is 0 Å². The molecule has 1 rings (SSSR count). The minimum absolute atomic E-state index is 0.0569. The third kappa shape index (κ3) is 4.83. The lowest BCUT2D eigenvalue weighted by Crippen LogP contribution is -2.36. The maximum absolute atomic E-state index is 11.3. The van der Waals surface area contributed by atoms with E-state index in [2.05, 4.69) is 21.2 Å². The SMILES string of the molecule is CC(CBr)NC(=O)COc1ccccc1. The number of amides is 1. The van der Waals surface area contributed by atoms with Crippen molar-refractivity contribution in [1.29, 1.82) is 0 Å². The number of carbonyl (C=O) groups excluding carboxylic acids is 1. The molecule has 1 N–H and O–H groups in total. The summed E-state index contributed by atoms with van der Waals surface area (Å²) in [6, 6.07) is 9.40. The van der Waals surface area contributed by atoms with E-state index in [1.54, 1.807) is 0 Å². The van der Waals surface area contributed by atoms with Crippen LogP contribution in [0.15, 0.2) is 30.3 Å². The number of para-hydroxylation sites is 1. The Kier molecular flexibility index (Phi) is 5.18. The van der Waals surface area contributed by atoms with Gasteiger partial charge in [0.25, 0.3) is 5.91 Å². The minimum atomic E-state index is -0.106. The van der Waals surface area contributed by atoms with Crippen molar-refractivity contribution in [3.63, 3.8) is 0 Å². The van der Waals surface area contributed by atoms with Gasteiger partial charge in [-0.15, -0.1) is 0 Å². The molecule has 0 spiro atoms. The summed E-state index contributed by atoms with van der Waals surface area (Å²) in [5.41, 5.74) is 0. The van der Waals surface area contributed by atoms with E-state index in [0.717, 1.165) is 5.33 Å². The third-order valence-corrected chi connectivity index (χ3v) is 2.72. The Hall–Kier alpha value is -1.03. The zero-order valence-electron chi connectivity index (χ0n) is 8.57. The number of halogens is 1. The Morgan fingerprint density at radius 2 is 2.13 bits per heavy atom. The maximum atomic E-state index is 11.3. The van der Waals surface area contributed by atoms with Crippen LogP contribution >= 0.6 is 15.9 Å². The van der Waals surface area contributed by atoms with Crippen LogP contribution in [0.4, 0.5) is 0 Å². The van der Waals surface area contributed by atoms with Gasteiger partial charge < -0.3 is 10.1 Å². The first kappa shape index (κ1) is 12.0. The van der Waals surface area contributed by atoms with E-state index in [1.807, 2.05) is 37.3 Å². The molecule has 0 fully saturated rings. The summed E-state index contributed by atoms with van der Waals surface area (Å²) in [7, 11) is 0. The van der Waals surface area contributed by atoms with Gasteiger partial charge in [-0.2, -0.15) is 0 Å². The summed E-state index contributed by atoms with van der Waals surface area (Å²) in [6.45, 7) is 1.98. The molecule has 82 valence electrons. The molecule has 1 aromatic rings. The normalized spacial score (nSPS) is 11.9. The van der Waals surface area contributed by atoms with Crippen LogP contribution in [0.2, 0.25) is 0 Å². The lowest BCUT2D eigenvalue weighted by atomic mass is 10.3. The van der Waals surface area contributed by atoms with Crippen molar-refractivity contribution in [3.05, 3.63) is 30.3 Å². The minimum Gasteiger partial charge on any atom is -0.484 e. The van der Waals surface area contributed by atoms with Gasteiger partial charge in [-0.25, -0.2) is 0 Å². The van der Waals surface area contributed by atoms with Gasteiger partial charge in [0.1, 0.15) is 5.75 Å². The molecule has 0 aromatic heterocycles. The molecular weight excluding hydrogens is 258 g/mol. The Morgan fingerprint density at radius 3 is 2.73 bits per heavy atom. The van der Waals surface area contributed by atoms with Crippen molar-refractivity contribution < 1.29 is 9.53 Å². The number of benzene rings is 1. The molecule has 4 heteroatoms. The molecule has 0 aliphatic carbocycles. The van der Waals surface area contributed by atoms with Crippen molar-refractivity contribution in [2.75, 3.05) is 11.9 Å². The lowest BCUT2D eigenvalue weighted by molar-refractivity contribution is -0.123. The lowest BCUT2D eigenvalue weighted by Gasteiger charge is -2.11. The van der Waals surface area contributed by atoms with E-state index in [1.165, 1.54) is 0 Å². The molecule has 0 aliphatic heterocycles. The Morgan fingerprint density at radius 1 is 1.47 bits per heavy atom. The first-order chi connectivity index (χ1) is 7.22. The van der Waals surface area contributed by atoms with Gasteiger partial charge in [-0.05, 0) is 19.1 Å². The molecular formula is C11H14BrNO2. The number of hydrogen-bond donors (Lipinski definition) is 1. The van der Waals surface area contributed by atoms with Crippen LogP contribution in [0, 0.1) is 0 Å². The molecule has 0 aliphatic rings. The second-order valence-corrected chi connectivity index (χ2v) is 3.87. The summed E-state index contributed by atoms with van der Waals surface area (Å²) in [4.78, 5) is 11.3. The fourth-order valence-electron chi connectivity index (χ4n) is 1.02. The summed E-state index contributed by atoms with van der Waals surface area (Å²) >= 11 is 3.28. The molecule has 1 aromatic carbocycles. The molecule has 1 unspecified atom stereocenters. The Balaban J connectivity index is 2.29. The summed E-state index contributed by atoms with van der Waals surface area (Å²) in [5, 5.41) is 3.53. The standard InChI is InChI=1S/C11H14BrNO2/c1-9(7-12)13-11(14)8-15-10-5-3-2-4-6-10/h2-6,9H,7-8H2,1H3,(H,13,14). The highest BCUT2D eigenvalue weighted by Gasteiger charge is 2.06. The van der Waals surface area contributed by atoms with Crippen LogP contribution < -0.4 is 10.1 Å². The van der Waals surface area contributed by atoms with Gasteiger partial charge in [-0.1, -0.05) is 34.1 Å². The zero-order chi connectivity index (χ0) is 11.1. The largest absolute Gasteiger partial charge is 0.484 e. The van der Waals surface area contributed by atoms with Crippen LogP contribution in [-0.4, -0.2) is 23.9 Å². The second kappa shape index (κ2) is 6.45. The smallest absolute Gasteiger partial charge is 0.258 e. The summed E-state index contributed by atoms with van der Waals surface area (Å²) in [5.74, 6) is 0.602. The van der Waals surface area contributed by atoms with E-state index >= 15 is 0 Å². The van der Waals surface area contributed by atoms with Crippen LogP contribution in [-0.2, 0) is 4.79 Å². The molecule has 0 heterocycles. The van der Waals surface area contributed by atoms with Gasteiger partial charge in [0.05, 0.1) is 0 Å². The van der Waals surface area contributed by atoms with Crippen molar-refractivity contribution in [1.82, 2.24) is 5.32 Å². The molecule has 0 saturated carbocycles. The first-order valence-electron chi connectivity index (χ1n) is 4.75. The molecule has 0 saturated heterocycles. The predicted octanol–water partition coefficient (Wildman–Crippen LogP) is 1.97. The zero-order valence-corrected chi connectivity index (χ0v) is 10.2. The average Bonchev–Trinajstić information content (AvgIpc) is 2.27. The predicted molar refractivity (Wildman–Crippen MR) is 63.3 cm³/mol. The number of ether oxygens (including phenoxy) is 1. The number of rotatable bonds is 5. The number of nitrogens with one attached hydrogen (secondary N) is 1. The first-order valence-corrected chi connectivity index (χ1v) is 5.87. The van der Waals surface area contributed by atoms with E-state index in [-0.39, 0.29) is 18.6 Å². The van der Waals surface area contributed by atoms with Crippen molar-refractivity contribution in [2.24, 2.45) is 0 Å². The fourth-order valence-corrected chi connectivity index (χ4v) is 1.18. The van der Waals surface area contributed by atoms with Crippen LogP contribution in [0.3, 0.4) is 0 Å². The van der Waals surface area contributed by atoms with Gasteiger partial charge in [0.15, 0.2) is 6.61 Å². The van der Waals surface area contributed by atoms with Crippen molar-refractivity contribution in [3.8, 4) is 5.75 Å². The van der Waals surface area contributed by atoms with E-state index in [0.29, 0.717) is 5.75 Å². The maximum Gasteiger partial charge on any atom is 0.258 e. The topological polar surface area (TPSA) is 38.3 Å². The highest BCUT2D eigenvalue weighted by molar-refractivity contribution is 9.09. The number of alkyl halides is 1. The van der Waals surface area contributed by atoms with Crippen LogP contribution in [0.5, 0.6) is 5.75 Å². The summed E-state index contributed by atoms with van der Waals surface area (Å²) < 4.78 is 5.29. The van der Waals surface area contributed by atoms with Gasteiger partial charge in [0.2, 0.25) is 0 Å². The highest BCUT2D eigenvalue weighted by atomic mass is 79.9. The average molecular weight is 272 g/mol. The van der Waals surface area contributed by atoms with Gasteiger partial charge in [-0.3, -0.25) is 4.79 Å². The molecule has 1 amide bonds. The molecule has 1 atom stereocenters. The molecule has 0 bridgehead atoms. The Labute approximate surface area is 97.9 Å². The molecule has 0 radical (unpaired) electrons. The Bertz CT molecular complexity index is 303.